The summed E-state index contributed by atoms with van der Waals surface area (Å²) >= 11 is 0. The second-order valence-corrected chi connectivity index (χ2v) is 5.95. The molecule has 0 spiro atoms. The standard InChI is InChI=1S/C15H17N3O5/c1-15(2,3)23-14(22)16-7-11(19)17-8-4-5-9-10(6-8)13(21)18-12(9)20/h4-6H,7H2,1-3H3,(H,16,22)(H,17,19)(H,18,20,21). The third kappa shape index (κ3) is 4.29. The summed E-state index contributed by atoms with van der Waals surface area (Å²) in [7, 11) is 0. The first-order valence-electron chi connectivity index (χ1n) is 6.92. The Morgan fingerprint density at radius 1 is 1.13 bits per heavy atom. The van der Waals surface area contributed by atoms with E-state index in [9.17, 15) is 19.2 Å². The van der Waals surface area contributed by atoms with E-state index in [1.807, 2.05) is 0 Å². The van der Waals surface area contributed by atoms with E-state index in [0.717, 1.165) is 0 Å². The van der Waals surface area contributed by atoms with Gasteiger partial charge in [0.25, 0.3) is 11.8 Å². The minimum absolute atomic E-state index is 0.202. The van der Waals surface area contributed by atoms with Crippen molar-refractivity contribution in [1.82, 2.24) is 10.6 Å². The van der Waals surface area contributed by atoms with E-state index in [-0.39, 0.29) is 17.7 Å². The lowest BCUT2D eigenvalue weighted by Crippen LogP contribution is -2.37. The van der Waals surface area contributed by atoms with Gasteiger partial charge in [-0.3, -0.25) is 19.7 Å². The van der Waals surface area contributed by atoms with E-state index in [0.29, 0.717) is 5.69 Å². The van der Waals surface area contributed by atoms with Crippen LogP contribution in [0.4, 0.5) is 10.5 Å². The lowest BCUT2D eigenvalue weighted by atomic mass is 10.1. The Balaban J connectivity index is 1.92. The van der Waals surface area contributed by atoms with Gasteiger partial charge >= 0.3 is 6.09 Å². The minimum atomic E-state index is -0.702. The summed E-state index contributed by atoms with van der Waals surface area (Å²) in [5.74, 6) is -1.46. The van der Waals surface area contributed by atoms with E-state index in [1.54, 1.807) is 20.8 Å². The summed E-state index contributed by atoms with van der Waals surface area (Å²) in [5, 5.41) is 7.01. The van der Waals surface area contributed by atoms with E-state index < -0.39 is 29.4 Å². The SMILES string of the molecule is CC(C)(C)OC(=O)NCC(=O)Nc1ccc2c(c1)C(=O)NC2=O. The highest BCUT2D eigenvalue weighted by molar-refractivity contribution is 6.22. The predicted octanol–water partition coefficient (Wildman–Crippen LogP) is 1.03. The maximum atomic E-state index is 11.8. The summed E-state index contributed by atoms with van der Waals surface area (Å²) in [4.78, 5) is 46.2. The van der Waals surface area contributed by atoms with Crippen LogP contribution in [0.1, 0.15) is 41.5 Å². The molecule has 8 heteroatoms. The molecule has 23 heavy (non-hydrogen) atoms. The summed E-state index contributed by atoms with van der Waals surface area (Å²) in [6, 6.07) is 4.36. The van der Waals surface area contributed by atoms with Crippen LogP contribution in [0, 0.1) is 0 Å². The van der Waals surface area contributed by atoms with Crippen molar-refractivity contribution < 1.29 is 23.9 Å². The van der Waals surface area contributed by atoms with Crippen LogP contribution < -0.4 is 16.0 Å². The molecule has 2 rings (SSSR count). The molecule has 122 valence electrons. The average Bonchev–Trinajstić information content (AvgIpc) is 2.70. The highest BCUT2D eigenvalue weighted by Crippen LogP contribution is 2.20. The first kappa shape index (κ1) is 16.5. The molecule has 1 aromatic carbocycles. The molecular formula is C15H17N3O5. The second-order valence-electron chi connectivity index (χ2n) is 5.95. The zero-order chi connectivity index (χ0) is 17.2. The number of carbonyl (C=O) groups is 4. The molecule has 1 aliphatic heterocycles. The smallest absolute Gasteiger partial charge is 0.408 e. The van der Waals surface area contributed by atoms with Gasteiger partial charge in [0, 0.05) is 5.69 Å². The minimum Gasteiger partial charge on any atom is -0.444 e. The predicted molar refractivity (Wildman–Crippen MR) is 81.1 cm³/mol. The van der Waals surface area contributed by atoms with Gasteiger partial charge in [0.1, 0.15) is 12.1 Å². The van der Waals surface area contributed by atoms with Gasteiger partial charge in [-0.2, -0.15) is 0 Å². The molecule has 0 unspecified atom stereocenters. The number of alkyl carbamates (subject to hydrolysis) is 1. The Morgan fingerprint density at radius 2 is 1.78 bits per heavy atom. The van der Waals surface area contributed by atoms with Crippen molar-refractivity contribution in [3.63, 3.8) is 0 Å². The molecule has 0 aromatic heterocycles. The molecule has 1 aliphatic rings. The number of hydrogen-bond donors (Lipinski definition) is 3. The van der Waals surface area contributed by atoms with Crippen molar-refractivity contribution in [2.24, 2.45) is 0 Å². The van der Waals surface area contributed by atoms with E-state index in [2.05, 4.69) is 16.0 Å². The quantitative estimate of drug-likeness (QED) is 0.720. The fourth-order valence-corrected chi connectivity index (χ4v) is 1.92. The second kappa shape index (κ2) is 6.07. The van der Waals surface area contributed by atoms with Crippen LogP contribution in [-0.2, 0) is 9.53 Å². The fourth-order valence-electron chi connectivity index (χ4n) is 1.92. The van der Waals surface area contributed by atoms with Crippen molar-refractivity contribution in [1.29, 1.82) is 0 Å². The Bertz CT molecular complexity index is 691. The van der Waals surface area contributed by atoms with E-state index >= 15 is 0 Å². The molecule has 0 saturated carbocycles. The number of nitrogens with one attached hydrogen (secondary N) is 3. The van der Waals surface area contributed by atoms with Crippen molar-refractivity contribution in [3.8, 4) is 0 Å². The zero-order valence-corrected chi connectivity index (χ0v) is 13.0. The lowest BCUT2D eigenvalue weighted by Gasteiger charge is -2.19. The van der Waals surface area contributed by atoms with Crippen LogP contribution >= 0.6 is 0 Å². The van der Waals surface area contributed by atoms with Gasteiger partial charge in [-0.05, 0) is 39.0 Å². The number of fused-ring (bicyclic) bond motifs is 1. The molecule has 0 bridgehead atoms. The van der Waals surface area contributed by atoms with E-state index in [4.69, 9.17) is 4.74 Å². The van der Waals surface area contributed by atoms with Crippen molar-refractivity contribution in [2.45, 2.75) is 26.4 Å². The molecule has 3 N–H and O–H groups in total. The van der Waals surface area contributed by atoms with Gasteiger partial charge in [-0.15, -0.1) is 0 Å². The molecule has 0 aliphatic carbocycles. The zero-order valence-electron chi connectivity index (χ0n) is 13.0. The van der Waals surface area contributed by atoms with Gasteiger partial charge in [0.2, 0.25) is 5.91 Å². The molecule has 0 saturated heterocycles. The molecule has 8 nitrogen and oxygen atoms in total. The highest BCUT2D eigenvalue weighted by atomic mass is 16.6. The lowest BCUT2D eigenvalue weighted by molar-refractivity contribution is -0.115. The molecule has 0 atom stereocenters. The van der Waals surface area contributed by atoms with Crippen LogP contribution in [-0.4, -0.2) is 36.0 Å². The van der Waals surface area contributed by atoms with Crippen LogP contribution in [0.3, 0.4) is 0 Å². The van der Waals surface area contributed by atoms with Crippen molar-refractivity contribution in [2.75, 3.05) is 11.9 Å². The third-order valence-electron chi connectivity index (χ3n) is 2.81. The maximum absolute atomic E-state index is 11.8. The van der Waals surface area contributed by atoms with Gasteiger partial charge in [0.05, 0.1) is 11.1 Å². The first-order valence-corrected chi connectivity index (χ1v) is 6.92. The first-order chi connectivity index (χ1) is 10.7. The number of anilines is 1. The Hall–Kier alpha value is -2.90. The highest BCUT2D eigenvalue weighted by Gasteiger charge is 2.26. The Morgan fingerprint density at radius 3 is 2.43 bits per heavy atom. The summed E-state index contributed by atoms with van der Waals surface area (Å²) in [6.45, 7) is 4.85. The Labute approximate surface area is 132 Å². The fraction of sp³-hybridized carbons (Fsp3) is 0.333. The maximum Gasteiger partial charge on any atom is 0.408 e. The van der Waals surface area contributed by atoms with Crippen LogP contribution in [0.2, 0.25) is 0 Å². The number of carbonyl (C=O) groups excluding carboxylic acids is 4. The van der Waals surface area contributed by atoms with Crippen LogP contribution in [0.5, 0.6) is 0 Å². The summed E-state index contributed by atoms with van der Waals surface area (Å²) in [5.41, 5.74) is 0.165. The average molecular weight is 319 g/mol. The van der Waals surface area contributed by atoms with Crippen LogP contribution in [0.15, 0.2) is 18.2 Å². The molecule has 0 radical (unpaired) electrons. The monoisotopic (exact) mass is 319 g/mol. The van der Waals surface area contributed by atoms with Gasteiger partial charge < -0.3 is 15.4 Å². The number of ether oxygens (including phenoxy) is 1. The summed E-state index contributed by atoms with van der Waals surface area (Å²) < 4.78 is 5.00. The molecule has 0 fully saturated rings. The number of imide groups is 1. The number of benzene rings is 1. The number of hydrogen-bond acceptors (Lipinski definition) is 5. The third-order valence-corrected chi connectivity index (χ3v) is 2.81. The van der Waals surface area contributed by atoms with Gasteiger partial charge in [-0.25, -0.2) is 4.79 Å². The molecule has 4 amide bonds. The molecule has 1 aromatic rings. The van der Waals surface area contributed by atoms with Crippen molar-refractivity contribution >= 4 is 29.5 Å². The summed E-state index contributed by atoms with van der Waals surface area (Å²) in [6.07, 6.45) is -0.702. The Kier molecular flexibility index (Phi) is 4.35. The topological polar surface area (TPSA) is 114 Å². The van der Waals surface area contributed by atoms with Crippen molar-refractivity contribution in [3.05, 3.63) is 29.3 Å². The molecule has 1 heterocycles. The van der Waals surface area contributed by atoms with Crippen LogP contribution in [0.25, 0.3) is 0 Å². The van der Waals surface area contributed by atoms with Gasteiger partial charge in [-0.1, -0.05) is 0 Å². The largest absolute Gasteiger partial charge is 0.444 e. The van der Waals surface area contributed by atoms with Gasteiger partial charge in [0.15, 0.2) is 0 Å². The normalized spacial score (nSPS) is 13.2. The number of rotatable bonds is 3. The number of amides is 4. The van der Waals surface area contributed by atoms with E-state index in [1.165, 1.54) is 18.2 Å². The molecular weight excluding hydrogens is 302 g/mol.